The molecular weight excluding hydrogens is 440 g/mol. The number of carbonyl (C=O) groups is 1. The summed E-state index contributed by atoms with van der Waals surface area (Å²) in [6.45, 7) is 5.63. The van der Waals surface area contributed by atoms with Crippen molar-refractivity contribution in [3.63, 3.8) is 0 Å². The second-order valence-corrected chi connectivity index (χ2v) is 8.97. The minimum absolute atomic E-state index is 0.0472. The van der Waals surface area contributed by atoms with E-state index >= 15 is 0 Å². The smallest absolute Gasteiger partial charge is 0.319 e. The van der Waals surface area contributed by atoms with Crippen LogP contribution in [0.15, 0.2) is 49.1 Å². The number of nitrogens with one attached hydrogen (secondary N) is 2. The van der Waals surface area contributed by atoms with E-state index in [1.165, 1.54) is 11.6 Å². The van der Waals surface area contributed by atoms with Gasteiger partial charge in [0.05, 0.1) is 14.2 Å². The number of hydrogen-bond donors (Lipinski definition) is 2. The van der Waals surface area contributed by atoms with Crippen molar-refractivity contribution in [3.05, 3.63) is 66.3 Å². The van der Waals surface area contributed by atoms with Gasteiger partial charge < -0.3 is 20.1 Å². The van der Waals surface area contributed by atoms with E-state index in [1.54, 1.807) is 14.2 Å². The number of likely N-dealkylation sites (tertiary alicyclic amines) is 1. The first-order valence-electron chi connectivity index (χ1n) is 11.5. The third-order valence-corrected chi connectivity index (χ3v) is 7.21. The lowest BCUT2D eigenvalue weighted by atomic mass is 9.65. The zero-order valence-electron chi connectivity index (χ0n) is 19.6. The van der Waals surface area contributed by atoms with Crippen molar-refractivity contribution in [1.29, 1.82) is 0 Å². The molecule has 1 heterocycles. The van der Waals surface area contributed by atoms with E-state index in [0.717, 1.165) is 50.9 Å². The Morgan fingerprint density at radius 2 is 1.94 bits per heavy atom. The van der Waals surface area contributed by atoms with Crippen LogP contribution in [0.4, 0.5) is 19.3 Å². The van der Waals surface area contributed by atoms with E-state index in [9.17, 15) is 13.6 Å². The molecule has 1 aliphatic heterocycles. The number of amides is 2. The lowest BCUT2D eigenvalue weighted by molar-refractivity contribution is 0.145. The van der Waals surface area contributed by atoms with Crippen LogP contribution in [-0.4, -0.2) is 50.3 Å². The Labute approximate surface area is 198 Å². The number of methoxy groups -OCH3 is 2. The van der Waals surface area contributed by atoms with Crippen molar-refractivity contribution in [2.75, 3.05) is 32.6 Å². The van der Waals surface area contributed by atoms with E-state index in [1.807, 2.05) is 12.1 Å². The Bertz CT molecular complexity index is 1060. The van der Waals surface area contributed by atoms with Crippen LogP contribution in [0.5, 0.6) is 11.5 Å². The molecule has 2 aliphatic rings. The largest absolute Gasteiger partial charge is 0.493 e. The number of halogens is 2. The highest BCUT2D eigenvalue weighted by Crippen LogP contribution is 2.50. The summed E-state index contributed by atoms with van der Waals surface area (Å²) in [5.41, 5.74) is 1.37. The molecule has 3 atom stereocenters. The molecule has 1 saturated carbocycles. The molecule has 0 radical (unpaired) electrons. The summed E-state index contributed by atoms with van der Waals surface area (Å²) in [6.07, 6.45) is 5.40. The number of urea groups is 1. The summed E-state index contributed by atoms with van der Waals surface area (Å²) in [5.74, 6) is -0.541. The van der Waals surface area contributed by atoms with E-state index in [-0.39, 0.29) is 23.2 Å². The first-order valence-corrected chi connectivity index (χ1v) is 11.5. The number of carbonyl (C=O) groups excluding carboxylic acids is 1. The summed E-state index contributed by atoms with van der Waals surface area (Å²) >= 11 is 0. The highest BCUT2D eigenvalue weighted by atomic mass is 19.2. The molecule has 4 rings (SSSR count). The molecule has 2 aromatic rings. The molecule has 1 aliphatic carbocycles. The topological polar surface area (TPSA) is 62.8 Å². The molecule has 0 aromatic heterocycles. The van der Waals surface area contributed by atoms with E-state index < -0.39 is 17.7 Å². The summed E-state index contributed by atoms with van der Waals surface area (Å²) < 4.78 is 37.6. The van der Waals surface area contributed by atoms with Crippen LogP contribution in [0.2, 0.25) is 0 Å². The number of benzene rings is 2. The zero-order chi connectivity index (χ0) is 24.3. The van der Waals surface area contributed by atoms with Gasteiger partial charge in [-0.2, -0.15) is 0 Å². The number of nitrogens with zero attached hydrogens (tertiary/aromatic N) is 1. The van der Waals surface area contributed by atoms with Crippen LogP contribution < -0.4 is 20.1 Å². The van der Waals surface area contributed by atoms with Gasteiger partial charge in [-0.3, -0.25) is 4.90 Å². The molecule has 34 heavy (non-hydrogen) atoms. The van der Waals surface area contributed by atoms with E-state index in [2.05, 4.69) is 34.2 Å². The number of anilines is 1. The van der Waals surface area contributed by atoms with Crippen molar-refractivity contribution < 1.29 is 23.0 Å². The maximum Gasteiger partial charge on any atom is 0.319 e. The van der Waals surface area contributed by atoms with Crippen molar-refractivity contribution in [3.8, 4) is 11.5 Å². The number of ether oxygens (including phenoxy) is 2. The molecule has 6 nitrogen and oxygen atoms in total. The molecule has 0 bridgehead atoms. The first-order chi connectivity index (χ1) is 16.4. The lowest BCUT2D eigenvalue weighted by Gasteiger charge is -2.45. The Kier molecular flexibility index (Phi) is 7.07. The van der Waals surface area contributed by atoms with Gasteiger partial charge in [-0.25, -0.2) is 13.6 Å². The molecule has 8 heteroatoms. The Morgan fingerprint density at radius 1 is 1.15 bits per heavy atom. The molecule has 182 valence electrons. The summed E-state index contributed by atoms with van der Waals surface area (Å²) in [5, 5.41) is 5.63. The maximum absolute atomic E-state index is 13.5. The van der Waals surface area contributed by atoms with E-state index in [4.69, 9.17) is 9.47 Å². The molecule has 1 saturated heterocycles. The van der Waals surface area contributed by atoms with Crippen LogP contribution in [-0.2, 0) is 5.41 Å². The van der Waals surface area contributed by atoms with Gasteiger partial charge in [0, 0.05) is 35.8 Å². The average Bonchev–Trinajstić information content (AvgIpc) is 3.20. The fourth-order valence-electron chi connectivity index (χ4n) is 5.57. The second-order valence-electron chi connectivity index (χ2n) is 8.97. The molecule has 2 N–H and O–H groups in total. The molecule has 2 aromatic carbocycles. The summed E-state index contributed by atoms with van der Waals surface area (Å²) in [6, 6.07) is 9.19. The van der Waals surface area contributed by atoms with Crippen LogP contribution in [0.1, 0.15) is 31.2 Å². The minimum Gasteiger partial charge on any atom is -0.493 e. The number of rotatable bonds is 7. The number of hydrogen-bond acceptors (Lipinski definition) is 4. The fourth-order valence-corrected chi connectivity index (χ4v) is 5.57. The third kappa shape index (κ3) is 4.59. The third-order valence-electron chi connectivity index (χ3n) is 7.21. The van der Waals surface area contributed by atoms with Gasteiger partial charge in [-0.05, 0) is 62.1 Å². The van der Waals surface area contributed by atoms with Gasteiger partial charge in [0.25, 0.3) is 0 Å². The van der Waals surface area contributed by atoms with Crippen LogP contribution in [0.3, 0.4) is 0 Å². The first kappa shape index (κ1) is 24.0. The molecule has 0 unspecified atom stereocenters. The van der Waals surface area contributed by atoms with E-state index in [0.29, 0.717) is 11.5 Å². The number of fused-ring (bicyclic) bond motifs is 1. The Hall–Kier alpha value is -3.13. The van der Waals surface area contributed by atoms with Crippen molar-refractivity contribution >= 4 is 11.7 Å². The summed E-state index contributed by atoms with van der Waals surface area (Å²) in [4.78, 5) is 15.0. The van der Waals surface area contributed by atoms with Gasteiger partial charge in [0.1, 0.15) is 0 Å². The van der Waals surface area contributed by atoms with Crippen LogP contribution in [0, 0.1) is 11.6 Å². The normalized spacial score (nSPS) is 24.2. The molecule has 2 fully saturated rings. The molecular formula is C26H31F2N3O3. The predicted octanol–water partition coefficient (Wildman–Crippen LogP) is 4.85. The standard InChI is InChI=1S/C26H31F2N3O3/c1-4-12-31-13-11-26(17-5-8-22(33-2)23(14-17)34-3)10-9-19(16-24(26)31)30-25(32)29-18-6-7-20(27)21(28)15-18/h4-8,14-15,19,24H,1,9-13,16H2,2-3H3,(H2,29,30,32)/t19-,24+,26+/m1/s1. The SMILES string of the molecule is C=CCN1CC[C@]2(c3ccc(OC)c(OC)c3)CC[C@@H](NC(=O)Nc3ccc(F)c(F)c3)C[C@H]12. The quantitative estimate of drug-likeness (QED) is 0.567. The average molecular weight is 472 g/mol. The molecule has 0 spiro atoms. The van der Waals surface area contributed by atoms with Crippen LogP contribution in [0.25, 0.3) is 0 Å². The Morgan fingerprint density at radius 3 is 2.65 bits per heavy atom. The highest BCUT2D eigenvalue weighted by molar-refractivity contribution is 5.89. The fraction of sp³-hybridized carbons (Fsp3) is 0.423. The predicted molar refractivity (Wildman–Crippen MR) is 128 cm³/mol. The van der Waals surface area contributed by atoms with Crippen molar-refractivity contribution in [2.45, 2.75) is 43.2 Å². The van der Waals surface area contributed by atoms with Gasteiger partial charge in [0.2, 0.25) is 0 Å². The van der Waals surface area contributed by atoms with Crippen molar-refractivity contribution in [2.24, 2.45) is 0 Å². The van der Waals surface area contributed by atoms with Gasteiger partial charge in [-0.15, -0.1) is 6.58 Å². The summed E-state index contributed by atoms with van der Waals surface area (Å²) in [7, 11) is 3.27. The Balaban J connectivity index is 1.52. The minimum atomic E-state index is -0.999. The van der Waals surface area contributed by atoms with Crippen molar-refractivity contribution in [1.82, 2.24) is 10.2 Å². The second kappa shape index (κ2) is 10.0. The maximum atomic E-state index is 13.5. The lowest BCUT2D eigenvalue weighted by Crippen LogP contribution is -2.53. The van der Waals surface area contributed by atoms with Gasteiger partial charge in [0.15, 0.2) is 23.1 Å². The highest BCUT2D eigenvalue weighted by Gasteiger charge is 2.51. The monoisotopic (exact) mass is 471 g/mol. The zero-order valence-corrected chi connectivity index (χ0v) is 19.6. The van der Waals surface area contributed by atoms with Crippen LogP contribution >= 0.6 is 0 Å². The molecule has 2 amide bonds. The van der Waals surface area contributed by atoms with Gasteiger partial charge >= 0.3 is 6.03 Å². The van der Waals surface area contributed by atoms with Gasteiger partial charge in [-0.1, -0.05) is 12.1 Å².